The molecule has 0 amide bonds. The molecule has 1 atom stereocenters. The zero-order valence-electron chi connectivity index (χ0n) is 12.2. The van der Waals surface area contributed by atoms with E-state index in [9.17, 15) is 0 Å². The molecule has 0 heterocycles. The highest BCUT2D eigenvalue weighted by atomic mass is 15.1. The van der Waals surface area contributed by atoms with Crippen molar-refractivity contribution in [3.05, 3.63) is 35.9 Å². The van der Waals surface area contributed by atoms with Gasteiger partial charge in [-0.1, -0.05) is 44.2 Å². The van der Waals surface area contributed by atoms with Crippen molar-refractivity contribution in [2.24, 2.45) is 0 Å². The second-order valence-electron chi connectivity index (χ2n) is 4.94. The monoisotopic (exact) mass is 248 g/mol. The molecule has 0 saturated carbocycles. The minimum atomic E-state index is 0.598. The third-order valence-electron chi connectivity index (χ3n) is 3.50. The molecule has 0 aromatic heterocycles. The summed E-state index contributed by atoms with van der Waals surface area (Å²) in [6.07, 6.45) is 2.54. The summed E-state index contributed by atoms with van der Waals surface area (Å²) in [5.41, 5.74) is 1.37. The minimum Gasteiger partial charge on any atom is -0.310 e. The van der Waals surface area contributed by atoms with Crippen molar-refractivity contribution < 1.29 is 0 Å². The average molecular weight is 248 g/mol. The van der Waals surface area contributed by atoms with Gasteiger partial charge in [0.2, 0.25) is 0 Å². The van der Waals surface area contributed by atoms with Gasteiger partial charge in [-0.25, -0.2) is 0 Å². The van der Waals surface area contributed by atoms with Crippen LogP contribution < -0.4 is 5.32 Å². The molecule has 2 heteroatoms. The Kier molecular flexibility index (Phi) is 7.70. The molecule has 0 aliphatic rings. The van der Waals surface area contributed by atoms with Crippen LogP contribution in [0.25, 0.3) is 0 Å². The third kappa shape index (κ3) is 6.18. The lowest BCUT2D eigenvalue weighted by atomic mass is 10.1. The van der Waals surface area contributed by atoms with Crippen LogP contribution >= 0.6 is 0 Å². The predicted molar refractivity (Wildman–Crippen MR) is 79.8 cm³/mol. The second-order valence-corrected chi connectivity index (χ2v) is 4.94. The Morgan fingerprint density at radius 2 is 1.78 bits per heavy atom. The van der Waals surface area contributed by atoms with E-state index in [0.717, 1.165) is 6.54 Å². The number of nitrogens with zero attached hydrogens (tertiary/aromatic N) is 1. The third-order valence-corrected chi connectivity index (χ3v) is 3.50. The van der Waals surface area contributed by atoms with Crippen LogP contribution in [-0.2, 0) is 6.54 Å². The first-order chi connectivity index (χ1) is 8.76. The molecule has 2 nitrogen and oxygen atoms in total. The largest absolute Gasteiger partial charge is 0.310 e. The molecular formula is C16H28N2. The standard InChI is InChI=1S/C16H28N2/c1-4-18(5-2)13-9-10-15(3)17-14-16-11-7-6-8-12-16/h6-8,11-12,15,17H,4-5,9-10,13-14H2,1-3H3/t15-/m1/s1. The summed E-state index contributed by atoms with van der Waals surface area (Å²) < 4.78 is 0. The van der Waals surface area contributed by atoms with Gasteiger partial charge in [-0.05, 0) is 45.0 Å². The van der Waals surface area contributed by atoms with Crippen LogP contribution in [0.1, 0.15) is 39.2 Å². The lowest BCUT2D eigenvalue weighted by Gasteiger charge is -2.19. The van der Waals surface area contributed by atoms with E-state index in [4.69, 9.17) is 0 Å². The maximum atomic E-state index is 3.59. The smallest absolute Gasteiger partial charge is 0.0207 e. The van der Waals surface area contributed by atoms with E-state index in [1.807, 2.05) is 0 Å². The first-order valence-electron chi connectivity index (χ1n) is 7.25. The molecule has 102 valence electrons. The molecule has 1 N–H and O–H groups in total. The molecule has 0 spiro atoms. The Morgan fingerprint density at radius 3 is 2.39 bits per heavy atom. The van der Waals surface area contributed by atoms with E-state index in [-0.39, 0.29) is 0 Å². The molecule has 18 heavy (non-hydrogen) atoms. The average Bonchev–Trinajstić information content (AvgIpc) is 2.42. The summed E-state index contributed by atoms with van der Waals surface area (Å²) in [4.78, 5) is 2.49. The van der Waals surface area contributed by atoms with E-state index in [1.165, 1.54) is 38.0 Å². The van der Waals surface area contributed by atoms with Crippen LogP contribution in [0.3, 0.4) is 0 Å². The Morgan fingerprint density at radius 1 is 1.11 bits per heavy atom. The maximum absolute atomic E-state index is 3.59. The number of hydrogen-bond acceptors (Lipinski definition) is 2. The summed E-state index contributed by atoms with van der Waals surface area (Å²) in [6, 6.07) is 11.2. The van der Waals surface area contributed by atoms with Gasteiger partial charge in [0.05, 0.1) is 0 Å². The molecule has 0 aliphatic heterocycles. The summed E-state index contributed by atoms with van der Waals surface area (Å²) in [7, 11) is 0. The van der Waals surface area contributed by atoms with E-state index >= 15 is 0 Å². The quantitative estimate of drug-likeness (QED) is 0.721. The lowest BCUT2D eigenvalue weighted by Crippen LogP contribution is -2.28. The first-order valence-corrected chi connectivity index (χ1v) is 7.25. The molecule has 0 unspecified atom stereocenters. The van der Waals surface area contributed by atoms with Crippen LogP contribution in [0.2, 0.25) is 0 Å². The van der Waals surface area contributed by atoms with Gasteiger partial charge in [-0.15, -0.1) is 0 Å². The van der Waals surface area contributed by atoms with Crippen molar-refractivity contribution in [1.82, 2.24) is 10.2 Å². The highest BCUT2D eigenvalue weighted by Crippen LogP contribution is 2.02. The fourth-order valence-corrected chi connectivity index (χ4v) is 2.15. The summed E-state index contributed by atoms with van der Waals surface area (Å²) in [6.45, 7) is 11.3. The number of nitrogens with one attached hydrogen (secondary N) is 1. The van der Waals surface area contributed by atoms with Crippen LogP contribution in [0.5, 0.6) is 0 Å². The molecule has 0 aliphatic carbocycles. The van der Waals surface area contributed by atoms with Gasteiger partial charge in [0.15, 0.2) is 0 Å². The summed E-state index contributed by atoms with van der Waals surface area (Å²) in [5.74, 6) is 0. The van der Waals surface area contributed by atoms with E-state index in [0.29, 0.717) is 6.04 Å². The normalized spacial score (nSPS) is 12.9. The lowest BCUT2D eigenvalue weighted by molar-refractivity contribution is 0.290. The highest BCUT2D eigenvalue weighted by molar-refractivity contribution is 5.14. The fraction of sp³-hybridized carbons (Fsp3) is 0.625. The zero-order valence-corrected chi connectivity index (χ0v) is 12.2. The Balaban J connectivity index is 2.12. The van der Waals surface area contributed by atoms with E-state index < -0.39 is 0 Å². The van der Waals surface area contributed by atoms with Crippen molar-refractivity contribution in [2.75, 3.05) is 19.6 Å². The zero-order chi connectivity index (χ0) is 13.2. The van der Waals surface area contributed by atoms with E-state index in [2.05, 4.69) is 61.3 Å². The minimum absolute atomic E-state index is 0.598. The molecular weight excluding hydrogens is 220 g/mol. The van der Waals surface area contributed by atoms with E-state index in [1.54, 1.807) is 0 Å². The molecule has 0 radical (unpaired) electrons. The molecule has 0 bridgehead atoms. The van der Waals surface area contributed by atoms with Crippen molar-refractivity contribution in [2.45, 2.75) is 46.2 Å². The van der Waals surface area contributed by atoms with Crippen molar-refractivity contribution >= 4 is 0 Å². The Hall–Kier alpha value is -0.860. The Labute approximate surface area is 112 Å². The SMILES string of the molecule is CCN(CC)CCC[C@@H](C)NCc1ccccc1. The number of rotatable bonds is 9. The van der Waals surface area contributed by atoms with Crippen LogP contribution in [0.4, 0.5) is 0 Å². The number of hydrogen-bond donors (Lipinski definition) is 1. The topological polar surface area (TPSA) is 15.3 Å². The van der Waals surface area contributed by atoms with Crippen molar-refractivity contribution in [1.29, 1.82) is 0 Å². The highest BCUT2D eigenvalue weighted by Gasteiger charge is 2.03. The molecule has 0 fully saturated rings. The Bertz CT molecular complexity index is 293. The van der Waals surface area contributed by atoms with Crippen LogP contribution in [0.15, 0.2) is 30.3 Å². The summed E-state index contributed by atoms with van der Waals surface area (Å²) in [5, 5.41) is 3.59. The van der Waals surface area contributed by atoms with Crippen LogP contribution in [-0.4, -0.2) is 30.6 Å². The predicted octanol–water partition coefficient (Wildman–Crippen LogP) is 3.29. The maximum Gasteiger partial charge on any atom is 0.0207 e. The molecule has 1 rings (SSSR count). The summed E-state index contributed by atoms with van der Waals surface area (Å²) >= 11 is 0. The number of benzene rings is 1. The van der Waals surface area contributed by atoms with Gasteiger partial charge in [-0.2, -0.15) is 0 Å². The van der Waals surface area contributed by atoms with Gasteiger partial charge >= 0.3 is 0 Å². The van der Waals surface area contributed by atoms with Gasteiger partial charge < -0.3 is 10.2 Å². The molecule has 1 aromatic rings. The first kappa shape index (κ1) is 15.2. The second kappa shape index (κ2) is 9.12. The fourth-order valence-electron chi connectivity index (χ4n) is 2.15. The van der Waals surface area contributed by atoms with Gasteiger partial charge in [0.1, 0.15) is 0 Å². The van der Waals surface area contributed by atoms with Crippen molar-refractivity contribution in [3.8, 4) is 0 Å². The van der Waals surface area contributed by atoms with Gasteiger partial charge in [0, 0.05) is 12.6 Å². The van der Waals surface area contributed by atoms with Crippen LogP contribution in [0, 0.1) is 0 Å². The van der Waals surface area contributed by atoms with Gasteiger partial charge in [0.25, 0.3) is 0 Å². The van der Waals surface area contributed by atoms with Gasteiger partial charge in [-0.3, -0.25) is 0 Å². The molecule has 1 aromatic carbocycles. The van der Waals surface area contributed by atoms with Crippen molar-refractivity contribution in [3.63, 3.8) is 0 Å². The molecule has 0 saturated heterocycles.